The van der Waals surface area contributed by atoms with Gasteiger partial charge < -0.3 is 9.52 Å². The van der Waals surface area contributed by atoms with Gasteiger partial charge in [-0.25, -0.2) is 14.3 Å². The minimum atomic E-state index is -1.19. The van der Waals surface area contributed by atoms with Crippen LogP contribution in [0.4, 0.5) is 0 Å². The van der Waals surface area contributed by atoms with E-state index in [1.165, 1.54) is 17.0 Å². The van der Waals surface area contributed by atoms with Gasteiger partial charge in [-0.3, -0.25) is 0 Å². The monoisotopic (exact) mass is 204 g/mol. The smallest absolute Gasteiger partial charge is 0.357 e. The molecule has 0 bridgehead atoms. The molecule has 74 valence electrons. The highest BCUT2D eigenvalue weighted by Crippen LogP contribution is 2.09. The molecule has 0 aromatic carbocycles. The van der Waals surface area contributed by atoms with Crippen LogP contribution in [0.2, 0.25) is 0 Å². The second-order valence-electron chi connectivity index (χ2n) is 2.55. The van der Waals surface area contributed by atoms with Gasteiger partial charge in [-0.05, 0) is 0 Å². The number of carbonyl (C=O) groups is 1. The third-order valence-corrected chi connectivity index (χ3v) is 1.66. The van der Waals surface area contributed by atoms with Crippen LogP contribution in [0, 0.1) is 11.3 Å². The lowest BCUT2D eigenvalue weighted by atomic mass is 10.5. The molecule has 0 unspecified atom stereocenters. The van der Waals surface area contributed by atoms with Crippen LogP contribution in [0.15, 0.2) is 23.1 Å². The fourth-order valence-electron chi connectivity index (χ4n) is 1.01. The Morgan fingerprint density at radius 1 is 1.67 bits per heavy atom. The molecular weight excluding hydrogens is 200 g/mol. The van der Waals surface area contributed by atoms with Crippen molar-refractivity contribution >= 4 is 5.97 Å². The van der Waals surface area contributed by atoms with Crippen LogP contribution in [0.25, 0.3) is 6.01 Å². The number of nitriles is 1. The lowest BCUT2D eigenvalue weighted by molar-refractivity contribution is 0.0690. The summed E-state index contributed by atoms with van der Waals surface area (Å²) in [5, 5.41) is 17.3. The van der Waals surface area contributed by atoms with Crippen LogP contribution in [0.5, 0.6) is 0 Å². The van der Waals surface area contributed by atoms with E-state index in [2.05, 4.69) is 9.97 Å². The summed E-state index contributed by atoms with van der Waals surface area (Å²) in [6, 6.07) is 1.82. The molecule has 0 amide bonds. The predicted molar refractivity (Wildman–Crippen MR) is 45.3 cm³/mol. The van der Waals surface area contributed by atoms with Crippen LogP contribution in [0.1, 0.15) is 16.3 Å². The van der Waals surface area contributed by atoms with E-state index in [1.807, 2.05) is 6.07 Å². The van der Waals surface area contributed by atoms with Crippen molar-refractivity contribution in [2.24, 2.45) is 0 Å². The van der Waals surface area contributed by atoms with E-state index in [1.54, 1.807) is 0 Å². The van der Waals surface area contributed by atoms with Gasteiger partial charge in [0.25, 0.3) is 0 Å². The van der Waals surface area contributed by atoms with E-state index in [-0.39, 0.29) is 17.5 Å². The molecular formula is C8H4N4O3. The molecule has 2 aromatic heterocycles. The maximum Gasteiger partial charge on any atom is 0.357 e. The topological polar surface area (TPSA) is 105 Å². The Kier molecular flexibility index (Phi) is 1.95. The molecule has 2 rings (SSSR count). The normalized spacial score (nSPS) is 9.80. The number of imidazole rings is 1. The molecule has 0 aliphatic rings. The number of carboxylic acid groups (broad SMARTS) is 1. The van der Waals surface area contributed by atoms with Crippen LogP contribution in [0.3, 0.4) is 0 Å². The van der Waals surface area contributed by atoms with Crippen LogP contribution in [-0.4, -0.2) is 25.6 Å². The number of oxazole rings is 1. The first kappa shape index (κ1) is 8.96. The van der Waals surface area contributed by atoms with Gasteiger partial charge >= 0.3 is 12.0 Å². The molecule has 0 radical (unpaired) electrons. The molecule has 0 saturated heterocycles. The van der Waals surface area contributed by atoms with E-state index < -0.39 is 5.97 Å². The first-order valence-electron chi connectivity index (χ1n) is 3.85. The van der Waals surface area contributed by atoms with Gasteiger partial charge in [0.15, 0.2) is 5.69 Å². The zero-order valence-corrected chi connectivity index (χ0v) is 7.28. The summed E-state index contributed by atoms with van der Waals surface area (Å²) in [6.07, 6.45) is 3.85. The Bertz CT molecular complexity index is 548. The van der Waals surface area contributed by atoms with Crippen molar-refractivity contribution in [3.8, 4) is 12.1 Å². The Morgan fingerprint density at radius 3 is 3.07 bits per heavy atom. The highest BCUT2D eigenvalue weighted by molar-refractivity contribution is 5.84. The summed E-state index contributed by atoms with van der Waals surface area (Å²) in [6.45, 7) is 0. The molecule has 7 heteroatoms. The molecule has 2 heterocycles. The van der Waals surface area contributed by atoms with Gasteiger partial charge in [0.2, 0.25) is 5.82 Å². The van der Waals surface area contributed by atoms with Gasteiger partial charge in [-0.15, -0.1) is 0 Å². The standard InChI is InChI=1S/C8H4N4O3/c9-3-6-10-1-2-12(6)8-11-5(4-15-8)7(13)14/h1-2,4H,(H,13,14). The molecule has 0 saturated carbocycles. The molecule has 0 aliphatic heterocycles. The highest BCUT2D eigenvalue weighted by Gasteiger charge is 2.13. The minimum Gasteiger partial charge on any atom is -0.476 e. The van der Waals surface area contributed by atoms with Crippen molar-refractivity contribution in [3.63, 3.8) is 0 Å². The molecule has 0 atom stereocenters. The summed E-state index contributed by atoms with van der Waals surface area (Å²) in [5.41, 5.74) is -0.220. The number of aromatic carboxylic acids is 1. The average molecular weight is 204 g/mol. The van der Waals surface area contributed by atoms with Crippen molar-refractivity contribution in [2.75, 3.05) is 0 Å². The number of rotatable bonds is 2. The van der Waals surface area contributed by atoms with Gasteiger partial charge in [-0.1, -0.05) is 0 Å². The summed E-state index contributed by atoms with van der Waals surface area (Å²) in [7, 11) is 0. The first-order valence-corrected chi connectivity index (χ1v) is 3.85. The maximum absolute atomic E-state index is 10.5. The number of aromatic nitrogens is 3. The van der Waals surface area contributed by atoms with Gasteiger partial charge in [0.05, 0.1) is 0 Å². The van der Waals surface area contributed by atoms with Crippen molar-refractivity contribution in [1.29, 1.82) is 5.26 Å². The minimum absolute atomic E-state index is 0.00134. The molecule has 0 aliphatic carbocycles. The van der Waals surface area contributed by atoms with E-state index in [0.29, 0.717) is 0 Å². The number of carboxylic acids is 1. The third-order valence-electron chi connectivity index (χ3n) is 1.66. The van der Waals surface area contributed by atoms with E-state index in [4.69, 9.17) is 14.8 Å². The Balaban J connectivity index is 2.47. The summed E-state index contributed by atoms with van der Waals surface area (Å²) in [4.78, 5) is 17.9. The number of nitrogens with zero attached hydrogens (tertiary/aromatic N) is 4. The van der Waals surface area contributed by atoms with Crippen molar-refractivity contribution in [1.82, 2.24) is 14.5 Å². The quantitative estimate of drug-likeness (QED) is 0.760. The summed E-state index contributed by atoms with van der Waals surface area (Å²) >= 11 is 0. The lowest BCUT2D eigenvalue weighted by Gasteiger charge is -1.93. The SMILES string of the molecule is N#Cc1nccn1-c1nc(C(=O)O)co1. The van der Waals surface area contributed by atoms with Crippen molar-refractivity contribution < 1.29 is 14.3 Å². The fraction of sp³-hybridized carbons (Fsp3) is 0. The summed E-state index contributed by atoms with van der Waals surface area (Å²) < 4.78 is 6.15. The molecule has 0 fully saturated rings. The molecule has 0 spiro atoms. The second-order valence-corrected chi connectivity index (χ2v) is 2.55. The zero-order chi connectivity index (χ0) is 10.8. The second kappa shape index (κ2) is 3.26. The molecule has 7 nitrogen and oxygen atoms in total. The van der Waals surface area contributed by atoms with E-state index in [0.717, 1.165) is 6.26 Å². The fourth-order valence-corrected chi connectivity index (χ4v) is 1.01. The van der Waals surface area contributed by atoms with Crippen LogP contribution < -0.4 is 0 Å². The first-order chi connectivity index (χ1) is 7.22. The van der Waals surface area contributed by atoms with Crippen molar-refractivity contribution in [2.45, 2.75) is 0 Å². The molecule has 2 aromatic rings. The molecule has 1 N–H and O–H groups in total. The zero-order valence-electron chi connectivity index (χ0n) is 7.28. The van der Waals surface area contributed by atoms with E-state index in [9.17, 15) is 4.79 Å². The van der Waals surface area contributed by atoms with E-state index >= 15 is 0 Å². The summed E-state index contributed by atoms with van der Waals surface area (Å²) in [5.74, 6) is -1.11. The Morgan fingerprint density at radius 2 is 2.47 bits per heavy atom. The van der Waals surface area contributed by atoms with Crippen molar-refractivity contribution in [3.05, 3.63) is 30.2 Å². The number of hydrogen-bond donors (Lipinski definition) is 1. The maximum atomic E-state index is 10.5. The Hall–Kier alpha value is -2.62. The van der Waals surface area contributed by atoms with Crippen LogP contribution >= 0.6 is 0 Å². The largest absolute Gasteiger partial charge is 0.476 e. The molecule has 15 heavy (non-hydrogen) atoms. The number of hydrogen-bond acceptors (Lipinski definition) is 5. The van der Waals surface area contributed by atoms with Gasteiger partial charge in [0, 0.05) is 12.4 Å². The predicted octanol–water partition coefficient (Wildman–Crippen LogP) is 0.430. The average Bonchev–Trinajstić information content (AvgIpc) is 2.85. The third kappa shape index (κ3) is 1.44. The Labute approximate surface area is 83.2 Å². The highest BCUT2D eigenvalue weighted by atomic mass is 16.4. The van der Waals surface area contributed by atoms with Gasteiger partial charge in [0.1, 0.15) is 12.3 Å². The van der Waals surface area contributed by atoms with Crippen LogP contribution in [-0.2, 0) is 0 Å². The van der Waals surface area contributed by atoms with Gasteiger partial charge in [-0.2, -0.15) is 10.2 Å². The lowest BCUT2D eigenvalue weighted by Crippen LogP contribution is -2.00.